The van der Waals surface area contributed by atoms with Crippen LogP contribution >= 0.6 is 0 Å². The molecule has 1 aromatic heterocycles. The van der Waals surface area contributed by atoms with Crippen LogP contribution in [0.1, 0.15) is 16.7 Å². The van der Waals surface area contributed by atoms with Crippen molar-refractivity contribution in [3.05, 3.63) is 96.2 Å². The molecule has 32 heavy (non-hydrogen) atoms. The molecule has 0 unspecified atom stereocenters. The first kappa shape index (κ1) is 21.9. The summed E-state index contributed by atoms with van der Waals surface area (Å²) in [6.45, 7) is 9.81. The summed E-state index contributed by atoms with van der Waals surface area (Å²) >= 11 is 0. The number of piperazine rings is 1. The average Bonchev–Trinajstić information content (AvgIpc) is 2.85. The van der Waals surface area contributed by atoms with Gasteiger partial charge in [-0.2, -0.15) is 0 Å². The van der Waals surface area contributed by atoms with Gasteiger partial charge in [-0.05, 0) is 48.9 Å². The van der Waals surface area contributed by atoms with Gasteiger partial charge in [0.1, 0.15) is 18.2 Å². The maximum atomic E-state index is 5.86. The summed E-state index contributed by atoms with van der Waals surface area (Å²) in [5, 5.41) is 3.43. The zero-order valence-electron chi connectivity index (χ0n) is 18.8. The molecule has 1 fully saturated rings. The van der Waals surface area contributed by atoms with Gasteiger partial charge in [0.25, 0.3) is 0 Å². The van der Waals surface area contributed by atoms with E-state index in [1.807, 2.05) is 36.5 Å². The Morgan fingerprint density at radius 1 is 0.938 bits per heavy atom. The van der Waals surface area contributed by atoms with Crippen LogP contribution in [0.15, 0.2) is 79.5 Å². The van der Waals surface area contributed by atoms with Crippen LogP contribution in [0, 0.1) is 0 Å². The number of pyridine rings is 1. The zero-order valence-corrected chi connectivity index (χ0v) is 18.8. The summed E-state index contributed by atoms with van der Waals surface area (Å²) in [5.41, 5.74) is 4.38. The Balaban J connectivity index is 1.20. The van der Waals surface area contributed by atoms with E-state index in [-0.39, 0.29) is 0 Å². The third kappa shape index (κ3) is 6.11. The molecule has 1 aliphatic rings. The van der Waals surface area contributed by atoms with Gasteiger partial charge in [0.2, 0.25) is 0 Å². The lowest BCUT2D eigenvalue weighted by atomic mass is 10.1. The molecule has 1 aliphatic heterocycles. The Morgan fingerprint density at radius 2 is 1.69 bits per heavy atom. The van der Waals surface area contributed by atoms with Gasteiger partial charge in [0.05, 0.1) is 0 Å². The van der Waals surface area contributed by atoms with Crippen molar-refractivity contribution >= 4 is 11.5 Å². The lowest BCUT2D eigenvalue weighted by Crippen LogP contribution is -2.44. The van der Waals surface area contributed by atoms with Gasteiger partial charge in [-0.25, -0.2) is 4.98 Å². The van der Waals surface area contributed by atoms with E-state index in [1.54, 1.807) is 0 Å². The fourth-order valence-electron chi connectivity index (χ4n) is 3.74. The van der Waals surface area contributed by atoms with Crippen LogP contribution in [-0.4, -0.2) is 49.7 Å². The summed E-state index contributed by atoms with van der Waals surface area (Å²) < 4.78 is 5.86. The minimum Gasteiger partial charge on any atom is -0.489 e. The second kappa shape index (κ2) is 10.8. The monoisotopic (exact) mass is 428 g/mol. The molecular weight excluding hydrogens is 396 g/mol. The fraction of sp³-hybridized carbons (Fsp3) is 0.296. The molecule has 3 aromatic rings. The van der Waals surface area contributed by atoms with Crippen LogP contribution in [-0.2, 0) is 13.0 Å². The molecule has 5 heteroatoms. The first-order valence-corrected chi connectivity index (χ1v) is 11.3. The van der Waals surface area contributed by atoms with E-state index in [2.05, 4.69) is 70.1 Å². The summed E-state index contributed by atoms with van der Waals surface area (Å²) in [5.74, 6) is 1.94. The van der Waals surface area contributed by atoms with Gasteiger partial charge < -0.3 is 19.9 Å². The Morgan fingerprint density at radius 3 is 2.38 bits per heavy atom. The average molecular weight is 429 g/mol. The van der Waals surface area contributed by atoms with Gasteiger partial charge >= 0.3 is 0 Å². The molecule has 0 atom stereocenters. The maximum Gasteiger partial charge on any atom is 0.128 e. The predicted octanol–water partition coefficient (Wildman–Crippen LogP) is 4.22. The van der Waals surface area contributed by atoms with Gasteiger partial charge in [-0.15, -0.1) is 0 Å². The molecule has 0 bridgehead atoms. The molecular formula is C27H32N4O. The van der Waals surface area contributed by atoms with Crippen LogP contribution in [0.3, 0.4) is 0 Å². The van der Waals surface area contributed by atoms with E-state index >= 15 is 0 Å². The number of ether oxygens (including phenoxy) is 1. The van der Waals surface area contributed by atoms with Crippen LogP contribution in [0.4, 0.5) is 5.82 Å². The number of hydrogen-bond acceptors (Lipinski definition) is 5. The Kier molecular flexibility index (Phi) is 7.41. The fourth-order valence-corrected chi connectivity index (χ4v) is 3.74. The number of likely N-dealkylation sites (N-methyl/N-ethyl adjacent to an activating group) is 1. The Hall–Kier alpha value is -3.31. The summed E-state index contributed by atoms with van der Waals surface area (Å²) in [4.78, 5) is 9.35. The van der Waals surface area contributed by atoms with E-state index in [1.165, 1.54) is 11.1 Å². The number of rotatable bonds is 9. The molecule has 0 aliphatic carbocycles. The molecule has 0 amide bonds. The first-order valence-electron chi connectivity index (χ1n) is 11.3. The summed E-state index contributed by atoms with van der Waals surface area (Å²) in [7, 11) is 2.16. The molecule has 1 saturated heterocycles. The molecule has 0 spiro atoms. The van der Waals surface area contributed by atoms with E-state index < -0.39 is 0 Å². The highest BCUT2D eigenvalue weighted by molar-refractivity contribution is 5.62. The third-order valence-electron chi connectivity index (χ3n) is 5.85. The highest BCUT2D eigenvalue weighted by Gasteiger charge is 2.15. The molecule has 2 heterocycles. The molecule has 2 aromatic carbocycles. The van der Waals surface area contributed by atoms with Crippen molar-refractivity contribution in [1.82, 2.24) is 15.2 Å². The SMILES string of the molecule is C=C(NCCc1ccc(OCc2ccccc2)cc1)c1ccc(N2CCN(C)CC2)nc1. The van der Waals surface area contributed by atoms with Crippen molar-refractivity contribution in [3.63, 3.8) is 0 Å². The minimum absolute atomic E-state index is 0.587. The Bertz CT molecular complexity index is 978. The van der Waals surface area contributed by atoms with Crippen LogP contribution in [0.2, 0.25) is 0 Å². The van der Waals surface area contributed by atoms with Crippen molar-refractivity contribution in [2.24, 2.45) is 0 Å². The minimum atomic E-state index is 0.587. The third-order valence-corrected chi connectivity index (χ3v) is 5.85. The molecule has 5 nitrogen and oxygen atoms in total. The first-order chi connectivity index (χ1) is 15.7. The van der Waals surface area contributed by atoms with Gasteiger partial charge in [0.15, 0.2) is 0 Å². The predicted molar refractivity (Wildman–Crippen MR) is 132 cm³/mol. The topological polar surface area (TPSA) is 40.6 Å². The second-order valence-corrected chi connectivity index (χ2v) is 8.27. The van der Waals surface area contributed by atoms with Gasteiger partial charge in [0, 0.05) is 50.2 Å². The molecule has 0 radical (unpaired) electrons. The summed E-state index contributed by atoms with van der Waals surface area (Å²) in [6, 6.07) is 22.7. The van der Waals surface area contributed by atoms with Gasteiger partial charge in [-0.3, -0.25) is 0 Å². The molecule has 4 rings (SSSR count). The summed E-state index contributed by atoms with van der Waals surface area (Å²) in [6.07, 6.45) is 2.84. The van der Waals surface area contributed by atoms with E-state index in [0.717, 1.165) is 62.0 Å². The van der Waals surface area contributed by atoms with Crippen LogP contribution < -0.4 is 15.0 Å². The normalized spacial score (nSPS) is 14.2. The largest absolute Gasteiger partial charge is 0.489 e. The van der Waals surface area contributed by atoms with Crippen LogP contribution in [0.5, 0.6) is 5.75 Å². The number of hydrogen-bond donors (Lipinski definition) is 1. The lowest BCUT2D eigenvalue weighted by molar-refractivity contribution is 0.306. The number of nitrogens with zero attached hydrogens (tertiary/aromatic N) is 3. The van der Waals surface area contributed by atoms with Crippen molar-refractivity contribution in [1.29, 1.82) is 0 Å². The van der Waals surface area contributed by atoms with Crippen molar-refractivity contribution in [2.75, 3.05) is 44.7 Å². The van der Waals surface area contributed by atoms with Crippen molar-refractivity contribution < 1.29 is 4.74 Å². The number of anilines is 1. The maximum absolute atomic E-state index is 5.86. The number of benzene rings is 2. The van der Waals surface area contributed by atoms with Crippen molar-refractivity contribution in [3.8, 4) is 5.75 Å². The quantitative estimate of drug-likeness (QED) is 0.553. The van der Waals surface area contributed by atoms with Crippen molar-refractivity contribution in [2.45, 2.75) is 13.0 Å². The zero-order chi connectivity index (χ0) is 22.2. The van der Waals surface area contributed by atoms with E-state index in [4.69, 9.17) is 4.74 Å². The lowest BCUT2D eigenvalue weighted by Gasteiger charge is -2.33. The highest BCUT2D eigenvalue weighted by atomic mass is 16.5. The van der Waals surface area contributed by atoms with E-state index in [9.17, 15) is 0 Å². The number of nitrogens with one attached hydrogen (secondary N) is 1. The second-order valence-electron chi connectivity index (χ2n) is 8.27. The number of aromatic nitrogens is 1. The van der Waals surface area contributed by atoms with Crippen LogP contribution in [0.25, 0.3) is 5.70 Å². The molecule has 1 N–H and O–H groups in total. The standard InChI is InChI=1S/C27H32N4O/c1-22(25-10-13-27(29-20-25)31-18-16-30(2)17-19-31)28-15-14-23-8-11-26(12-9-23)32-21-24-6-4-3-5-7-24/h3-13,20,28H,1,14-19,21H2,2H3. The highest BCUT2D eigenvalue weighted by Crippen LogP contribution is 2.17. The Labute approximate surface area is 191 Å². The van der Waals surface area contributed by atoms with Gasteiger partial charge in [-0.1, -0.05) is 49.0 Å². The van der Waals surface area contributed by atoms with E-state index in [0.29, 0.717) is 6.61 Å². The molecule has 0 saturated carbocycles. The smallest absolute Gasteiger partial charge is 0.128 e. The molecule has 166 valence electrons.